The topological polar surface area (TPSA) is 57.5 Å². The number of carboxylic acid groups (broad SMARTS) is 1. The number of aromatic hydroxyl groups is 1. The normalized spacial score (nSPS) is 14.0. The molecule has 0 amide bonds. The van der Waals surface area contributed by atoms with Crippen molar-refractivity contribution >= 4 is 5.97 Å². The fraction of sp³-hybridized carbons (Fsp3) is 0.611. The number of hydrogen-bond donors (Lipinski definition) is 2. The van der Waals surface area contributed by atoms with Gasteiger partial charge in [-0.3, -0.25) is 4.79 Å². The molecule has 118 valence electrons. The van der Waals surface area contributed by atoms with Gasteiger partial charge in [-0.25, -0.2) is 0 Å². The summed E-state index contributed by atoms with van der Waals surface area (Å²) in [7, 11) is 0. The number of carboxylic acids is 1. The van der Waals surface area contributed by atoms with Gasteiger partial charge in [-0.2, -0.15) is 0 Å². The SMILES string of the molecule is CC(C)(C)CC(Cc1ccc(O)c(C(C)(C)C)c1)C(=O)O. The van der Waals surface area contributed by atoms with Crippen LogP contribution in [-0.4, -0.2) is 16.2 Å². The first-order chi connectivity index (χ1) is 9.40. The first kappa shape index (κ1) is 17.5. The number of phenols is 1. The van der Waals surface area contributed by atoms with Crippen molar-refractivity contribution < 1.29 is 15.0 Å². The fourth-order valence-electron chi connectivity index (χ4n) is 2.58. The summed E-state index contributed by atoms with van der Waals surface area (Å²) < 4.78 is 0. The highest BCUT2D eigenvalue weighted by atomic mass is 16.4. The van der Waals surface area contributed by atoms with Gasteiger partial charge in [-0.15, -0.1) is 0 Å². The average molecular weight is 292 g/mol. The van der Waals surface area contributed by atoms with Crippen LogP contribution >= 0.6 is 0 Å². The zero-order chi connectivity index (χ0) is 16.4. The summed E-state index contributed by atoms with van der Waals surface area (Å²) in [4.78, 5) is 11.5. The molecule has 0 saturated heterocycles. The van der Waals surface area contributed by atoms with Crippen molar-refractivity contribution in [2.75, 3.05) is 0 Å². The molecule has 2 N–H and O–H groups in total. The lowest BCUT2D eigenvalue weighted by atomic mass is 9.80. The van der Waals surface area contributed by atoms with Crippen molar-refractivity contribution in [3.05, 3.63) is 29.3 Å². The van der Waals surface area contributed by atoms with Crippen molar-refractivity contribution in [1.82, 2.24) is 0 Å². The maximum Gasteiger partial charge on any atom is 0.306 e. The van der Waals surface area contributed by atoms with Crippen LogP contribution in [0.25, 0.3) is 0 Å². The van der Waals surface area contributed by atoms with Crippen molar-refractivity contribution in [2.24, 2.45) is 11.3 Å². The summed E-state index contributed by atoms with van der Waals surface area (Å²) in [5.74, 6) is -0.883. The van der Waals surface area contributed by atoms with Crippen molar-refractivity contribution in [1.29, 1.82) is 0 Å². The summed E-state index contributed by atoms with van der Waals surface area (Å²) in [6.07, 6.45) is 1.13. The summed E-state index contributed by atoms with van der Waals surface area (Å²) in [5, 5.41) is 19.4. The zero-order valence-corrected chi connectivity index (χ0v) is 14.0. The number of aliphatic carboxylic acids is 1. The molecule has 0 aliphatic carbocycles. The largest absolute Gasteiger partial charge is 0.508 e. The lowest BCUT2D eigenvalue weighted by Gasteiger charge is -2.25. The van der Waals surface area contributed by atoms with E-state index in [9.17, 15) is 15.0 Å². The highest BCUT2D eigenvalue weighted by molar-refractivity contribution is 5.70. The van der Waals surface area contributed by atoms with Gasteiger partial charge >= 0.3 is 5.97 Å². The Morgan fingerprint density at radius 3 is 2.14 bits per heavy atom. The Kier molecular flexibility index (Phi) is 5.08. The fourth-order valence-corrected chi connectivity index (χ4v) is 2.58. The maximum absolute atomic E-state index is 11.5. The molecule has 0 aromatic heterocycles. The molecule has 1 rings (SSSR count). The van der Waals surface area contributed by atoms with Gasteiger partial charge in [0.05, 0.1) is 5.92 Å². The lowest BCUT2D eigenvalue weighted by molar-refractivity contribution is -0.142. The predicted molar refractivity (Wildman–Crippen MR) is 85.7 cm³/mol. The molecule has 0 aliphatic rings. The van der Waals surface area contributed by atoms with Crippen LogP contribution in [0.3, 0.4) is 0 Å². The van der Waals surface area contributed by atoms with E-state index >= 15 is 0 Å². The minimum Gasteiger partial charge on any atom is -0.508 e. The average Bonchev–Trinajstić information content (AvgIpc) is 2.27. The second-order valence-electron chi connectivity index (χ2n) is 8.11. The standard InChI is InChI=1S/C18H28O3/c1-17(2,3)11-13(16(20)21)9-12-7-8-15(19)14(10-12)18(4,5)6/h7-8,10,13,19H,9,11H2,1-6H3,(H,20,21). The number of hydrogen-bond acceptors (Lipinski definition) is 2. The molecule has 1 unspecified atom stereocenters. The van der Waals surface area contributed by atoms with E-state index in [1.165, 1.54) is 0 Å². The molecular formula is C18H28O3. The molecule has 3 heteroatoms. The Morgan fingerprint density at radius 2 is 1.71 bits per heavy atom. The molecule has 0 bridgehead atoms. The molecule has 1 atom stereocenters. The van der Waals surface area contributed by atoms with E-state index in [0.717, 1.165) is 11.1 Å². The van der Waals surface area contributed by atoms with Crippen molar-refractivity contribution in [3.63, 3.8) is 0 Å². The minimum absolute atomic E-state index is 0.0210. The van der Waals surface area contributed by atoms with Crippen LogP contribution in [0.15, 0.2) is 18.2 Å². The van der Waals surface area contributed by atoms with Gasteiger partial charge in [0, 0.05) is 0 Å². The Labute approximate surface area is 128 Å². The van der Waals surface area contributed by atoms with E-state index in [0.29, 0.717) is 12.8 Å². The third-order valence-corrected chi connectivity index (χ3v) is 3.56. The van der Waals surface area contributed by atoms with Gasteiger partial charge in [-0.05, 0) is 40.9 Å². The van der Waals surface area contributed by atoms with Crippen LogP contribution < -0.4 is 0 Å². The van der Waals surface area contributed by atoms with E-state index in [1.54, 1.807) is 6.07 Å². The number of carbonyl (C=O) groups is 1. The number of benzene rings is 1. The maximum atomic E-state index is 11.5. The van der Waals surface area contributed by atoms with E-state index in [4.69, 9.17) is 0 Å². The molecule has 1 aromatic rings. The minimum atomic E-state index is -0.754. The Balaban J connectivity index is 3.03. The van der Waals surface area contributed by atoms with Crippen molar-refractivity contribution in [3.8, 4) is 5.75 Å². The lowest BCUT2D eigenvalue weighted by Crippen LogP contribution is -2.23. The summed E-state index contributed by atoms with van der Waals surface area (Å²) in [5.41, 5.74) is 1.64. The van der Waals surface area contributed by atoms with E-state index < -0.39 is 11.9 Å². The molecule has 0 aliphatic heterocycles. The van der Waals surface area contributed by atoms with Gasteiger partial charge in [-0.1, -0.05) is 53.7 Å². The number of phenolic OH excluding ortho intramolecular Hbond substituents is 1. The van der Waals surface area contributed by atoms with Crippen LogP contribution in [0.5, 0.6) is 5.75 Å². The summed E-state index contributed by atoms with van der Waals surface area (Å²) in [6, 6.07) is 5.43. The highest BCUT2D eigenvalue weighted by Gasteiger charge is 2.26. The Bertz CT molecular complexity index is 504. The van der Waals surface area contributed by atoms with Gasteiger partial charge in [0.1, 0.15) is 5.75 Å². The second kappa shape index (κ2) is 6.08. The molecule has 0 heterocycles. The highest BCUT2D eigenvalue weighted by Crippen LogP contribution is 2.33. The molecule has 1 aromatic carbocycles. The van der Waals surface area contributed by atoms with Crippen molar-refractivity contribution in [2.45, 2.75) is 59.8 Å². The van der Waals surface area contributed by atoms with Crippen LogP contribution in [0, 0.1) is 11.3 Å². The first-order valence-electron chi connectivity index (χ1n) is 7.45. The van der Waals surface area contributed by atoms with E-state index in [-0.39, 0.29) is 16.6 Å². The molecule has 0 radical (unpaired) electrons. The van der Waals surface area contributed by atoms with E-state index in [1.807, 2.05) is 32.9 Å². The summed E-state index contributed by atoms with van der Waals surface area (Å²) in [6.45, 7) is 12.3. The second-order valence-corrected chi connectivity index (χ2v) is 8.11. The van der Waals surface area contributed by atoms with Gasteiger partial charge < -0.3 is 10.2 Å². The van der Waals surface area contributed by atoms with Crippen LogP contribution in [-0.2, 0) is 16.6 Å². The van der Waals surface area contributed by atoms with Crippen LogP contribution in [0.2, 0.25) is 0 Å². The van der Waals surface area contributed by atoms with E-state index in [2.05, 4.69) is 20.8 Å². The summed E-state index contributed by atoms with van der Waals surface area (Å²) >= 11 is 0. The molecule has 0 spiro atoms. The van der Waals surface area contributed by atoms with Crippen LogP contribution in [0.4, 0.5) is 0 Å². The van der Waals surface area contributed by atoms with Crippen LogP contribution in [0.1, 0.15) is 59.1 Å². The first-order valence-corrected chi connectivity index (χ1v) is 7.45. The van der Waals surface area contributed by atoms with Gasteiger partial charge in [0.15, 0.2) is 0 Å². The van der Waals surface area contributed by atoms with Gasteiger partial charge in [0.2, 0.25) is 0 Å². The van der Waals surface area contributed by atoms with Gasteiger partial charge in [0.25, 0.3) is 0 Å². The smallest absolute Gasteiger partial charge is 0.306 e. The Hall–Kier alpha value is -1.51. The zero-order valence-electron chi connectivity index (χ0n) is 14.0. The third-order valence-electron chi connectivity index (χ3n) is 3.56. The number of rotatable bonds is 4. The Morgan fingerprint density at radius 1 is 1.14 bits per heavy atom. The quantitative estimate of drug-likeness (QED) is 0.866. The monoisotopic (exact) mass is 292 g/mol. The molecule has 3 nitrogen and oxygen atoms in total. The molecule has 0 fully saturated rings. The molecular weight excluding hydrogens is 264 g/mol. The third kappa shape index (κ3) is 5.41. The predicted octanol–water partition coefficient (Wildman–Crippen LogP) is 4.37. The molecule has 21 heavy (non-hydrogen) atoms. The molecule has 0 saturated carbocycles.